The van der Waals surface area contributed by atoms with Crippen LogP contribution in [0.1, 0.15) is 63.0 Å². The Hall–Kier alpha value is -2.45. The second-order valence-electron chi connectivity index (χ2n) is 11.0. The number of nitrogens with zero attached hydrogens (tertiary/aromatic N) is 1. The third kappa shape index (κ3) is 6.40. The first-order valence-corrected chi connectivity index (χ1v) is 14.2. The van der Waals surface area contributed by atoms with E-state index in [1.165, 1.54) is 0 Å². The number of aliphatic hydroxyl groups is 2. The lowest BCUT2D eigenvalue weighted by molar-refractivity contribution is -0.141. The molecule has 2 aliphatic rings. The van der Waals surface area contributed by atoms with Crippen LogP contribution in [0.5, 0.6) is 11.5 Å². The van der Waals surface area contributed by atoms with Gasteiger partial charge in [0.15, 0.2) is 0 Å². The van der Waals surface area contributed by atoms with Gasteiger partial charge in [-0.2, -0.15) is 0 Å². The number of methoxy groups -OCH3 is 1. The van der Waals surface area contributed by atoms with E-state index in [-0.39, 0.29) is 23.8 Å². The van der Waals surface area contributed by atoms with Crippen LogP contribution in [0.3, 0.4) is 0 Å². The molecule has 4 rings (SSSR count). The van der Waals surface area contributed by atoms with Crippen LogP contribution in [0.15, 0.2) is 48.5 Å². The lowest BCUT2D eigenvalue weighted by Crippen LogP contribution is -2.49. The summed E-state index contributed by atoms with van der Waals surface area (Å²) in [7, 11) is 1.69. The molecule has 1 saturated heterocycles. The van der Waals surface area contributed by atoms with Crippen LogP contribution in [0.4, 0.5) is 0 Å². The summed E-state index contributed by atoms with van der Waals surface area (Å²) in [6.45, 7) is 3.88. The van der Waals surface area contributed by atoms with Gasteiger partial charge in [0.2, 0.25) is 5.91 Å². The van der Waals surface area contributed by atoms with Crippen molar-refractivity contribution in [1.29, 1.82) is 0 Å². The molecule has 1 unspecified atom stereocenters. The van der Waals surface area contributed by atoms with E-state index in [0.717, 1.165) is 49.0 Å². The fraction of sp³-hybridized carbons (Fsp3) is 0.581. The molecule has 7 heteroatoms. The number of benzene rings is 2. The topological polar surface area (TPSA) is 105 Å². The maximum atomic E-state index is 13.4. The number of aryl methyl sites for hydroxylation is 1. The Balaban J connectivity index is 1.62. The van der Waals surface area contributed by atoms with Crippen molar-refractivity contribution >= 4 is 5.91 Å². The summed E-state index contributed by atoms with van der Waals surface area (Å²) < 4.78 is 11.7. The van der Waals surface area contributed by atoms with E-state index in [1.807, 2.05) is 47.4 Å². The first kappa shape index (κ1) is 28.6. The number of ether oxygens (including phenoxy) is 2. The lowest BCUT2D eigenvalue weighted by atomic mass is 9.73. The summed E-state index contributed by atoms with van der Waals surface area (Å²) in [6.07, 6.45) is 4.96. The molecule has 1 aliphatic heterocycles. The number of unbranched alkanes of at least 4 members (excludes halogenated alkanes) is 1. The van der Waals surface area contributed by atoms with Crippen molar-refractivity contribution in [2.24, 2.45) is 17.6 Å². The van der Waals surface area contributed by atoms with Gasteiger partial charge in [-0.1, -0.05) is 43.3 Å². The van der Waals surface area contributed by atoms with Crippen molar-refractivity contribution in [1.82, 2.24) is 4.90 Å². The van der Waals surface area contributed by atoms with Crippen LogP contribution >= 0.6 is 0 Å². The van der Waals surface area contributed by atoms with E-state index in [1.54, 1.807) is 7.11 Å². The number of amides is 1. The van der Waals surface area contributed by atoms with Crippen molar-refractivity contribution in [2.75, 3.05) is 26.8 Å². The zero-order valence-electron chi connectivity index (χ0n) is 22.9. The molecule has 2 fully saturated rings. The summed E-state index contributed by atoms with van der Waals surface area (Å²) in [5.74, 6) is 1.09. The number of carbonyl (C=O) groups excluding carboxylic acids is 1. The largest absolute Gasteiger partial charge is 0.457 e. The van der Waals surface area contributed by atoms with Crippen LogP contribution in [0.25, 0.3) is 0 Å². The monoisotopic (exact) mass is 524 g/mol. The smallest absolute Gasteiger partial charge is 0.225 e. The molecule has 1 aliphatic carbocycles. The zero-order valence-corrected chi connectivity index (χ0v) is 22.9. The average molecular weight is 525 g/mol. The van der Waals surface area contributed by atoms with E-state index in [4.69, 9.17) is 15.2 Å². The predicted molar refractivity (Wildman–Crippen MR) is 148 cm³/mol. The fourth-order valence-corrected chi connectivity index (χ4v) is 6.20. The Morgan fingerprint density at radius 1 is 1.11 bits per heavy atom. The highest BCUT2D eigenvalue weighted by Crippen LogP contribution is 2.45. The second-order valence-corrected chi connectivity index (χ2v) is 11.0. The van der Waals surface area contributed by atoms with Gasteiger partial charge in [-0.05, 0) is 69.1 Å². The van der Waals surface area contributed by atoms with Crippen LogP contribution in [0, 0.1) is 11.8 Å². The van der Waals surface area contributed by atoms with E-state index < -0.39 is 11.7 Å². The van der Waals surface area contributed by atoms with Crippen molar-refractivity contribution in [3.63, 3.8) is 0 Å². The number of hydrogen-bond donors (Lipinski definition) is 3. The Bertz CT molecular complexity index is 1050. The number of carbonyl (C=O) groups is 1. The van der Waals surface area contributed by atoms with Crippen molar-refractivity contribution in [2.45, 2.75) is 76.0 Å². The average Bonchev–Trinajstić information content (AvgIpc) is 3.29. The fourth-order valence-electron chi connectivity index (χ4n) is 6.20. The molecule has 0 bridgehead atoms. The van der Waals surface area contributed by atoms with Gasteiger partial charge in [0.25, 0.3) is 0 Å². The molecular formula is C31H44N2O5. The molecule has 1 amide bonds. The summed E-state index contributed by atoms with van der Waals surface area (Å²) >= 11 is 0. The summed E-state index contributed by atoms with van der Waals surface area (Å²) in [5.41, 5.74) is 6.71. The molecular weight excluding hydrogens is 480 g/mol. The number of para-hydroxylation sites is 2. The van der Waals surface area contributed by atoms with Crippen molar-refractivity contribution in [3.8, 4) is 11.5 Å². The molecule has 5 atom stereocenters. The third-order valence-corrected chi connectivity index (χ3v) is 8.42. The minimum Gasteiger partial charge on any atom is -0.457 e. The molecule has 38 heavy (non-hydrogen) atoms. The highest BCUT2D eigenvalue weighted by atomic mass is 16.5. The molecule has 1 saturated carbocycles. The van der Waals surface area contributed by atoms with Crippen LogP contribution < -0.4 is 10.5 Å². The third-order valence-electron chi connectivity index (χ3n) is 8.42. The van der Waals surface area contributed by atoms with E-state index in [9.17, 15) is 15.0 Å². The molecule has 2 aromatic carbocycles. The highest BCUT2D eigenvalue weighted by Gasteiger charge is 2.44. The van der Waals surface area contributed by atoms with Gasteiger partial charge in [-0.25, -0.2) is 0 Å². The van der Waals surface area contributed by atoms with Gasteiger partial charge in [-0.15, -0.1) is 0 Å². The van der Waals surface area contributed by atoms with Gasteiger partial charge < -0.3 is 30.3 Å². The Labute approximate surface area is 226 Å². The van der Waals surface area contributed by atoms with E-state index >= 15 is 0 Å². The second kappa shape index (κ2) is 13.1. The standard InChI is InChI=1S/C31H44N2O5/c1-3-22-11-4-6-14-28(22)38-29-15-7-5-13-25(29)31(36,16-8-9-18-37-2)24-12-10-17-33(21-24)30(35)23-19-26(32)27(34)20-23/h4-7,11,13-15,23-24,26-27,34,36H,3,8-10,12,16-21,32H2,1-2H3/t23-,24?,26+,27-,31-/m0/s1. The zero-order chi connectivity index (χ0) is 27.1. The number of hydrogen-bond acceptors (Lipinski definition) is 6. The number of nitrogens with two attached hydrogens (primary N) is 1. The van der Waals surface area contributed by atoms with Gasteiger partial charge >= 0.3 is 0 Å². The highest BCUT2D eigenvalue weighted by molar-refractivity contribution is 5.79. The summed E-state index contributed by atoms with van der Waals surface area (Å²) in [6, 6.07) is 15.4. The molecule has 0 aromatic heterocycles. The van der Waals surface area contributed by atoms with Gasteiger partial charge in [0.1, 0.15) is 11.5 Å². The lowest BCUT2D eigenvalue weighted by Gasteiger charge is -2.44. The maximum absolute atomic E-state index is 13.4. The van der Waals surface area contributed by atoms with Crippen LogP contribution in [-0.2, 0) is 21.6 Å². The Kier molecular flexibility index (Phi) is 9.82. The number of piperidine rings is 1. The molecule has 7 nitrogen and oxygen atoms in total. The number of likely N-dealkylation sites (tertiary alicyclic amines) is 1. The molecule has 4 N–H and O–H groups in total. The van der Waals surface area contributed by atoms with E-state index in [2.05, 4.69) is 13.0 Å². The summed E-state index contributed by atoms with van der Waals surface area (Å²) in [4.78, 5) is 15.3. The van der Waals surface area contributed by atoms with Crippen molar-refractivity contribution < 1.29 is 24.5 Å². The molecule has 0 radical (unpaired) electrons. The molecule has 2 aromatic rings. The normalized spacial score (nSPS) is 25.2. The molecule has 1 heterocycles. The summed E-state index contributed by atoms with van der Waals surface area (Å²) in [5, 5.41) is 22.6. The quantitative estimate of drug-likeness (QED) is 0.377. The minimum absolute atomic E-state index is 0.0461. The minimum atomic E-state index is -1.17. The predicted octanol–water partition coefficient (Wildman–Crippen LogP) is 4.38. The van der Waals surface area contributed by atoms with E-state index in [0.29, 0.717) is 44.7 Å². The maximum Gasteiger partial charge on any atom is 0.225 e. The Morgan fingerprint density at radius 2 is 1.84 bits per heavy atom. The number of rotatable bonds is 11. The Morgan fingerprint density at radius 3 is 2.55 bits per heavy atom. The van der Waals surface area contributed by atoms with Gasteiger partial charge in [-0.3, -0.25) is 4.79 Å². The first-order chi connectivity index (χ1) is 18.4. The molecule has 0 spiro atoms. The van der Waals surface area contributed by atoms with Gasteiger partial charge in [0.05, 0.1) is 11.7 Å². The molecule has 208 valence electrons. The SMILES string of the molecule is CCc1ccccc1Oc1ccccc1[C@](O)(CCCCOC)C1CCCN(C(=O)[C@H]2C[C@@H](N)[C@@H](O)C2)C1. The van der Waals surface area contributed by atoms with Crippen molar-refractivity contribution in [3.05, 3.63) is 59.7 Å². The van der Waals surface area contributed by atoms with Crippen LogP contribution in [0.2, 0.25) is 0 Å². The van der Waals surface area contributed by atoms with Crippen LogP contribution in [-0.4, -0.2) is 60.0 Å². The first-order valence-electron chi connectivity index (χ1n) is 14.2. The number of aliphatic hydroxyl groups excluding tert-OH is 1. The van der Waals surface area contributed by atoms with Gasteiger partial charge in [0, 0.05) is 50.2 Å².